The Morgan fingerprint density at radius 3 is 2.47 bits per heavy atom. The van der Waals surface area contributed by atoms with Crippen LogP contribution in [0.1, 0.15) is 15.2 Å². The van der Waals surface area contributed by atoms with Crippen LogP contribution in [0.2, 0.25) is 0 Å². The van der Waals surface area contributed by atoms with Crippen LogP contribution in [0, 0.1) is 0 Å². The lowest BCUT2D eigenvalue weighted by atomic mass is 10.0. The molecule has 0 amide bonds. The molecule has 4 heterocycles. The molecule has 1 aliphatic rings. The summed E-state index contributed by atoms with van der Waals surface area (Å²) in [6, 6.07) is 31.6. The van der Waals surface area contributed by atoms with Gasteiger partial charge >= 0.3 is 0 Å². The Kier molecular flexibility index (Phi) is 3.79. The molecule has 8 aromatic rings. The van der Waals surface area contributed by atoms with Crippen molar-refractivity contribution in [2.24, 2.45) is 0 Å². The lowest BCUT2D eigenvalue weighted by Gasteiger charge is -2.09. The molecule has 0 saturated carbocycles. The molecule has 0 aliphatic heterocycles. The van der Waals surface area contributed by atoms with E-state index in [2.05, 4.69) is 81.3 Å². The first kappa shape index (κ1) is 20.2. The molecule has 5 heteroatoms. The molecule has 0 atom stereocenters. The topological polar surface area (TPSA) is 47.8 Å². The van der Waals surface area contributed by atoms with Gasteiger partial charge in [0.25, 0.3) is 0 Å². The molecule has 0 unspecified atom stereocenters. The molecule has 38 heavy (non-hydrogen) atoms. The third-order valence-corrected chi connectivity index (χ3v) is 8.96. The zero-order chi connectivity index (χ0) is 25.0. The number of ketones is 1. The second-order valence-electron chi connectivity index (χ2n) is 9.81. The molecular formula is C33H17N3OS. The van der Waals surface area contributed by atoms with Crippen molar-refractivity contribution in [3.63, 3.8) is 0 Å². The van der Waals surface area contributed by atoms with E-state index < -0.39 is 0 Å². The Morgan fingerprint density at radius 1 is 0.684 bits per heavy atom. The van der Waals surface area contributed by atoms with Crippen molar-refractivity contribution in [3.05, 3.63) is 114 Å². The highest BCUT2D eigenvalue weighted by molar-refractivity contribution is 7.22. The van der Waals surface area contributed by atoms with Crippen LogP contribution < -0.4 is 0 Å². The number of thiophene rings is 1. The quantitative estimate of drug-likeness (QED) is 0.226. The summed E-state index contributed by atoms with van der Waals surface area (Å²) in [6.07, 6.45) is 3.68. The Bertz CT molecular complexity index is 2330. The second kappa shape index (κ2) is 7.12. The predicted octanol–water partition coefficient (Wildman–Crippen LogP) is 8.31. The number of rotatable bonds is 1. The molecule has 0 bridgehead atoms. The van der Waals surface area contributed by atoms with E-state index >= 15 is 0 Å². The molecule has 1 aliphatic carbocycles. The average Bonchev–Trinajstić information content (AvgIpc) is 3.59. The van der Waals surface area contributed by atoms with E-state index in [1.165, 1.54) is 21.5 Å². The predicted molar refractivity (Wildman–Crippen MR) is 156 cm³/mol. The molecule has 9 rings (SSSR count). The van der Waals surface area contributed by atoms with E-state index in [-0.39, 0.29) is 5.78 Å². The number of hydrogen-bond donors (Lipinski definition) is 0. The van der Waals surface area contributed by atoms with Gasteiger partial charge in [-0.2, -0.15) is 0 Å². The number of fused-ring (bicyclic) bond motifs is 11. The van der Waals surface area contributed by atoms with Crippen LogP contribution in [0.15, 0.2) is 103 Å². The molecule has 4 nitrogen and oxygen atoms in total. The number of hydrogen-bond acceptors (Lipinski definition) is 4. The first-order valence-corrected chi connectivity index (χ1v) is 13.4. The maximum atomic E-state index is 13.3. The maximum absolute atomic E-state index is 13.3. The number of pyridine rings is 2. The number of carbonyl (C=O) groups excluding carboxylic acids is 1. The van der Waals surface area contributed by atoms with Crippen LogP contribution in [0.5, 0.6) is 0 Å². The van der Waals surface area contributed by atoms with Crippen molar-refractivity contribution in [1.29, 1.82) is 0 Å². The third kappa shape index (κ3) is 2.51. The number of nitrogens with zero attached hydrogens (tertiary/aromatic N) is 3. The van der Waals surface area contributed by atoms with Gasteiger partial charge in [-0.25, -0.2) is 9.97 Å². The van der Waals surface area contributed by atoms with Gasteiger partial charge in [0.2, 0.25) is 5.78 Å². The minimum absolute atomic E-state index is 0.130. The van der Waals surface area contributed by atoms with Crippen LogP contribution in [0.4, 0.5) is 0 Å². The van der Waals surface area contributed by atoms with Crippen molar-refractivity contribution in [2.75, 3.05) is 0 Å². The minimum atomic E-state index is 0.130. The Balaban J connectivity index is 1.47. The zero-order valence-corrected chi connectivity index (χ0v) is 20.8. The summed E-state index contributed by atoms with van der Waals surface area (Å²) in [5.41, 5.74) is 6.85. The normalized spacial score (nSPS) is 12.8. The highest BCUT2D eigenvalue weighted by Crippen LogP contribution is 2.49. The molecule has 176 valence electrons. The fourth-order valence-corrected chi connectivity index (χ4v) is 7.37. The smallest absolute Gasteiger partial charge is 0.204 e. The zero-order valence-electron chi connectivity index (χ0n) is 20.0. The van der Waals surface area contributed by atoms with Crippen LogP contribution in [-0.4, -0.2) is 20.3 Å². The highest BCUT2D eigenvalue weighted by Gasteiger charge is 2.31. The van der Waals surface area contributed by atoms with Gasteiger partial charge in [0.1, 0.15) is 0 Å². The van der Waals surface area contributed by atoms with Crippen molar-refractivity contribution in [1.82, 2.24) is 14.5 Å². The van der Waals surface area contributed by atoms with E-state index in [0.29, 0.717) is 0 Å². The van der Waals surface area contributed by atoms with Crippen LogP contribution in [-0.2, 0) is 0 Å². The van der Waals surface area contributed by atoms with E-state index in [9.17, 15) is 4.79 Å². The number of benzene rings is 4. The van der Waals surface area contributed by atoms with Gasteiger partial charge in [-0.3, -0.25) is 4.79 Å². The van der Waals surface area contributed by atoms with Crippen molar-refractivity contribution in [2.45, 2.75) is 0 Å². The molecule has 0 radical (unpaired) electrons. The fraction of sp³-hybridized carbons (Fsp3) is 0. The van der Waals surface area contributed by atoms with Gasteiger partial charge in [-0.1, -0.05) is 54.6 Å². The molecule has 4 aromatic carbocycles. The van der Waals surface area contributed by atoms with E-state index in [1.54, 1.807) is 17.5 Å². The van der Waals surface area contributed by atoms with Crippen LogP contribution in [0.3, 0.4) is 0 Å². The molecule has 0 fully saturated rings. The molecular weight excluding hydrogens is 486 g/mol. The summed E-state index contributed by atoms with van der Waals surface area (Å²) in [7, 11) is 0. The van der Waals surface area contributed by atoms with Gasteiger partial charge in [0.05, 0.1) is 27.8 Å². The largest absolute Gasteiger partial charge is 0.308 e. The van der Waals surface area contributed by atoms with Gasteiger partial charge < -0.3 is 4.57 Å². The summed E-state index contributed by atoms with van der Waals surface area (Å²) in [5.74, 6) is 0.130. The Labute approximate surface area is 220 Å². The van der Waals surface area contributed by atoms with Crippen LogP contribution in [0.25, 0.3) is 70.5 Å². The second-order valence-corrected chi connectivity index (χ2v) is 10.9. The van der Waals surface area contributed by atoms with E-state index in [0.717, 1.165) is 59.4 Å². The first-order chi connectivity index (χ1) is 18.8. The average molecular weight is 504 g/mol. The minimum Gasteiger partial charge on any atom is -0.308 e. The van der Waals surface area contributed by atoms with Gasteiger partial charge in [0, 0.05) is 43.6 Å². The maximum Gasteiger partial charge on any atom is 0.204 e. The van der Waals surface area contributed by atoms with E-state index in [1.807, 2.05) is 30.5 Å². The summed E-state index contributed by atoms with van der Waals surface area (Å²) in [5, 5.41) is 6.94. The Hall–Kier alpha value is -4.87. The van der Waals surface area contributed by atoms with Crippen LogP contribution >= 0.6 is 11.3 Å². The highest BCUT2D eigenvalue weighted by atomic mass is 32.1. The standard InChI is InChI=1S/C33H17N3OS/c37-31-23-10-4-3-9-22(23)30-25-15-27-24(16-28(25)38-32(30)31)29-21-8-2-1-6-18(21)11-12-26(29)36(27)20-14-19-7-5-13-34-33(19)35-17-20/h1-17H. The molecule has 0 saturated heterocycles. The Morgan fingerprint density at radius 2 is 1.53 bits per heavy atom. The molecule has 0 N–H and O–H groups in total. The molecule has 0 spiro atoms. The number of aromatic nitrogens is 3. The summed E-state index contributed by atoms with van der Waals surface area (Å²) in [4.78, 5) is 23.2. The third-order valence-electron chi connectivity index (χ3n) is 7.81. The summed E-state index contributed by atoms with van der Waals surface area (Å²) >= 11 is 1.61. The molecule has 4 aromatic heterocycles. The summed E-state index contributed by atoms with van der Waals surface area (Å²) in [6.45, 7) is 0. The lowest BCUT2D eigenvalue weighted by molar-refractivity contribution is 0.104. The van der Waals surface area contributed by atoms with Crippen molar-refractivity contribution < 1.29 is 4.79 Å². The van der Waals surface area contributed by atoms with E-state index in [4.69, 9.17) is 0 Å². The van der Waals surface area contributed by atoms with Crippen molar-refractivity contribution in [3.8, 4) is 16.8 Å². The summed E-state index contributed by atoms with van der Waals surface area (Å²) < 4.78 is 3.45. The van der Waals surface area contributed by atoms with Gasteiger partial charge in [-0.05, 0) is 52.7 Å². The van der Waals surface area contributed by atoms with Crippen molar-refractivity contribution >= 4 is 70.8 Å². The fourth-order valence-electron chi connectivity index (χ4n) is 6.18. The van der Waals surface area contributed by atoms with Gasteiger partial charge in [0.15, 0.2) is 5.65 Å². The lowest BCUT2D eigenvalue weighted by Crippen LogP contribution is -1.96. The number of carbonyl (C=O) groups is 1. The monoisotopic (exact) mass is 503 g/mol. The van der Waals surface area contributed by atoms with Gasteiger partial charge in [-0.15, -0.1) is 11.3 Å². The SMILES string of the molecule is O=C1c2ccccc2-c2c1sc1cc3c4c5ccccc5ccc4n(-c4cnc5ncccc5c4)c3cc21. The first-order valence-electron chi connectivity index (χ1n) is 12.5.